The van der Waals surface area contributed by atoms with Crippen LogP contribution in [0.25, 0.3) is 0 Å². The summed E-state index contributed by atoms with van der Waals surface area (Å²) in [5.74, 6) is 2.15. The third-order valence-corrected chi connectivity index (χ3v) is 3.37. The molecule has 2 aromatic rings. The number of rotatable bonds is 5. The zero-order chi connectivity index (χ0) is 13.8. The summed E-state index contributed by atoms with van der Waals surface area (Å²) in [6.07, 6.45) is 0.563. The van der Waals surface area contributed by atoms with Crippen molar-refractivity contribution < 1.29 is 9.15 Å². The van der Waals surface area contributed by atoms with Crippen LogP contribution in [0, 0.1) is 13.8 Å². The minimum atomic E-state index is 0.232. The van der Waals surface area contributed by atoms with E-state index in [-0.39, 0.29) is 6.61 Å². The van der Waals surface area contributed by atoms with Gasteiger partial charge in [-0.15, -0.1) is 21.8 Å². The highest BCUT2D eigenvalue weighted by Gasteiger charge is 2.08. The summed E-state index contributed by atoms with van der Waals surface area (Å²) in [7, 11) is 0. The van der Waals surface area contributed by atoms with E-state index in [1.54, 1.807) is 0 Å². The second kappa shape index (κ2) is 6.26. The average Bonchev–Trinajstić information content (AvgIpc) is 2.81. The first kappa shape index (κ1) is 14.2. The van der Waals surface area contributed by atoms with Gasteiger partial charge in [0.1, 0.15) is 5.75 Å². The van der Waals surface area contributed by atoms with Crippen molar-refractivity contribution in [3.05, 3.63) is 40.1 Å². The van der Waals surface area contributed by atoms with Gasteiger partial charge in [-0.2, -0.15) is 0 Å². The van der Waals surface area contributed by atoms with Gasteiger partial charge in [0.2, 0.25) is 5.89 Å². The highest BCUT2D eigenvalue weighted by Crippen LogP contribution is 2.26. The Hall–Kier alpha value is -1.26. The molecule has 0 atom stereocenters. The zero-order valence-corrected chi connectivity index (χ0v) is 12.3. The van der Waals surface area contributed by atoms with Gasteiger partial charge in [-0.05, 0) is 37.1 Å². The molecule has 0 unspecified atom stereocenters. The molecule has 0 aliphatic heterocycles. The topological polar surface area (TPSA) is 48.2 Å². The van der Waals surface area contributed by atoms with E-state index in [9.17, 15) is 0 Å². The summed E-state index contributed by atoms with van der Waals surface area (Å²) in [4.78, 5) is 0. The lowest BCUT2D eigenvalue weighted by atomic mass is 10.1. The van der Waals surface area contributed by atoms with Gasteiger partial charge in [0.15, 0.2) is 6.61 Å². The Kier molecular flexibility index (Phi) is 4.66. The number of hydrogen-bond donors (Lipinski definition) is 0. The molecule has 2 rings (SSSR count). The Morgan fingerprint density at radius 3 is 2.42 bits per heavy atom. The Balaban J connectivity index is 2.01. The van der Waals surface area contributed by atoms with Crippen molar-refractivity contribution in [3.63, 3.8) is 0 Å². The zero-order valence-electron chi connectivity index (χ0n) is 10.7. The molecule has 6 heteroatoms. The molecule has 1 heterocycles. The number of aromatic nitrogens is 2. The highest BCUT2D eigenvalue weighted by molar-refractivity contribution is 6.32. The first-order chi connectivity index (χ1) is 9.10. The fourth-order valence-corrected chi connectivity index (χ4v) is 1.93. The molecule has 4 nitrogen and oxygen atoms in total. The molecule has 0 aliphatic carbocycles. The van der Waals surface area contributed by atoms with E-state index in [0.717, 1.165) is 21.9 Å². The third-order valence-electron chi connectivity index (χ3n) is 2.59. The Morgan fingerprint density at radius 1 is 1.16 bits per heavy atom. The average molecular weight is 301 g/mol. The molecule has 0 saturated heterocycles. The van der Waals surface area contributed by atoms with Crippen LogP contribution >= 0.6 is 23.2 Å². The predicted molar refractivity (Wildman–Crippen MR) is 74.0 cm³/mol. The van der Waals surface area contributed by atoms with Crippen molar-refractivity contribution in [1.82, 2.24) is 10.2 Å². The van der Waals surface area contributed by atoms with E-state index in [1.165, 1.54) is 0 Å². The minimum absolute atomic E-state index is 0.232. The van der Waals surface area contributed by atoms with E-state index < -0.39 is 0 Å². The molecule has 0 radical (unpaired) electrons. The van der Waals surface area contributed by atoms with Gasteiger partial charge in [-0.1, -0.05) is 11.6 Å². The highest BCUT2D eigenvalue weighted by atomic mass is 35.5. The second-order valence-electron chi connectivity index (χ2n) is 4.19. The Morgan fingerprint density at radius 2 is 1.79 bits per heavy atom. The molecule has 0 amide bonds. The molecular formula is C13H14Cl2N2O2. The van der Waals surface area contributed by atoms with Gasteiger partial charge in [0, 0.05) is 17.3 Å². The normalized spacial score (nSPS) is 10.7. The summed E-state index contributed by atoms with van der Waals surface area (Å²) < 4.78 is 11.0. The van der Waals surface area contributed by atoms with Gasteiger partial charge < -0.3 is 9.15 Å². The van der Waals surface area contributed by atoms with Crippen molar-refractivity contribution in [2.24, 2.45) is 0 Å². The molecule has 0 spiro atoms. The minimum Gasteiger partial charge on any atom is -0.484 e. The lowest BCUT2D eigenvalue weighted by Crippen LogP contribution is -1.97. The molecule has 0 N–H and O–H groups in total. The fraction of sp³-hybridized carbons (Fsp3) is 0.385. The van der Waals surface area contributed by atoms with Crippen LogP contribution in [-0.4, -0.2) is 16.1 Å². The molecule has 0 fully saturated rings. The van der Waals surface area contributed by atoms with Crippen LogP contribution in [0.15, 0.2) is 16.5 Å². The predicted octanol–water partition coefficient (Wildman–Crippen LogP) is 3.70. The van der Waals surface area contributed by atoms with Crippen LogP contribution < -0.4 is 4.74 Å². The SMILES string of the molecule is Cc1cc(OCc2nnc(CCCl)o2)cc(C)c1Cl. The van der Waals surface area contributed by atoms with Crippen LogP contribution in [0.4, 0.5) is 0 Å². The monoisotopic (exact) mass is 300 g/mol. The number of alkyl halides is 1. The lowest BCUT2D eigenvalue weighted by molar-refractivity contribution is 0.259. The van der Waals surface area contributed by atoms with Gasteiger partial charge in [-0.3, -0.25) is 0 Å². The quantitative estimate of drug-likeness (QED) is 0.790. The molecule has 1 aromatic heterocycles. The van der Waals surface area contributed by atoms with Crippen molar-refractivity contribution in [2.45, 2.75) is 26.9 Å². The van der Waals surface area contributed by atoms with Gasteiger partial charge in [-0.25, -0.2) is 0 Å². The summed E-state index contributed by atoms with van der Waals surface area (Å²) in [6, 6.07) is 3.76. The molecule has 19 heavy (non-hydrogen) atoms. The van der Waals surface area contributed by atoms with Crippen molar-refractivity contribution >= 4 is 23.2 Å². The number of aryl methyl sites for hydroxylation is 3. The van der Waals surface area contributed by atoms with E-state index in [4.69, 9.17) is 32.4 Å². The molecule has 0 aliphatic rings. The Bertz CT molecular complexity index is 547. The van der Waals surface area contributed by atoms with E-state index in [0.29, 0.717) is 24.1 Å². The lowest BCUT2D eigenvalue weighted by Gasteiger charge is -2.08. The van der Waals surface area contributed by atoms with Gasteiger partial charge in [0.05, 0.1) is 0 Å². The number of nitrogens with zero attached hydrogens (tertiary/aromatic N) is 2. The van der Waals surface area contributed by atoms with E-state index >= 15 is 0 Å². The smallest absolute Gasteiger partial charge is 0.253 e. The fourth-order valence-electron chi connectivity index (χ4n) is 1.66. The molecule has 0 saturated carbocycles. The maximum absolute atomic E-state index is 6.10. The molecule has 0 bridgehead atoms. The van der Waals surface area contributed by atoms with Crippen molar-refractivity contribution in [3.8, 4) is 5.75 Å². The van der Waals surface area contributed by atoms with E-state index in [1.807, 2.05) is 26.0 Å². The maximum Gasteiger partial charge on any atom is 0.253 e. The summed E-state index contributed by atoms with van der Waals surface area (Å²) in [5.41, 5.74) is 1.95. The van der Waals surface area contributed by atoms with E-state index in [2.05, 4.69) is 10.2 Å². The van der Waals surface area contributed by atoms with Crippen LogP contribution in [-0.2, 0) is 13.0 Å². The number of benzene rings is 1. The number of halogens is 2. The third kappa shape index (κ3) is 3.61. The standard InChI is InChI=1S/C13H14Cl2N2O2/c1-8-5-10(6-9(2)13(8)15)18-7-12-17-16-11(19-12)3-4-14/h5-6H,3-4,7H2,1-2H3. The first-order valence-corrected chi connectivity index (χ1v) is 6.78. The molecular weight excluding hydrogens is 287 g/mol. The van der Waals surface area contributed by atoms with Gasteiger partial charge in [0.25, 0.3) is 5.89 Å². The summed E-state index contributed by atoms with van der Waals surface area (Å²) in [6.45, 7) is 4.11. The number of ether oxygens (including phenoxy) is 1. The summed E-state index contributed by atoms with van der Waals surface area (Å²) >= 11 is 11.7. The summed E-state index contributed by atoms with van der Waals surface area (Å²) in [5, 5.41) is 8.51. The van der Waals surface area contributed by atoms with Crippen molar-refractivity contribution in [1.29, 1.82) is 0 Å². The first-order valence-electron chi connectivity index (χ1n) is 5.87. The van der Waals surface area contributed by atoms with Crippen molar-refractivity contribution in [2.75, 3.05) is 5.88 Å². The van der Waals surface area contributed by atoms with Crippen LogP contribution in [0.1, 0.15) is 22.9 Å². The second-order valence-corrected chi connectivity index (χ2v) is 4.94. The molecule has 1 aromatic carbocycles. The largest absolute Gasteiger partial charge is 0.484 e. The number of hydrogen-bond acceptors (Lipinski definition) is 4. The Labute approximate surface area is 121 Å². The maximum atomic E-state index is 6.10. The van der Waals surface area contributed by atoms with Crippen LogP contribution in [0.2, 0.25) is 5.02 Å². The van der Waals surface area contributed by atoms with Gasteiger partial charge >= 0.3 is 0 Å². The molecule has 102 valence electrons. The van der Waals surface area contributed by atoms with Crippen LogP contribution in [0.3, 0.4) is 0 Å². The van der Waals surface area contributed by atoms with Crippen LogP contribution in [0.5, 0.6) is 5.75 Å².